The molecule has 0 unspecified atom stereocenters. The number of hydrogen-bond donors (Lipinski definition) is 4. The fourth-order valence-corrected chi connectivity index (χ4v) is 1.25. The average Bonchev–Trinajstić information content (AvgIpc) is 1.14. The Bertz CT molecular complexity index is 152. The molecule has 0 bridgehead atoms. The maximum absolute atomic E-state index is 9.63. The molecule has 0 aromatic carbocycles. The van der Waals surface area contributed by atoms with E-state index in [4.69, 9.17) is 19.6 Å². The molecule has 0 heterocycles. The molecule has 0 aromatic rings. The normalized spacial score (nSPS) is 12.4. The van der Waals surface area contributed by atoms with E-state index in [0.717, 1.165) is 0 Å². The Kier molecular flexibility index (Phi) is 5.50. The molecule has 0 aromatic heterocycles. The molecule has 0 amide bonds. The second-order valence-electron chi connectivity index (χ2n) is 1.06. The Morgan fingerprint density at radius 3 is 1.10 bits per heavy atom. The molecule has 10 heavy (non-hydrogen) atoms. The molecule has 0 aliphatic carbocycles. The van der Waals surface area contributed by atoms with Crippen LogP contribution in [0.3, 0.4) is 0 Å². The number of rotatable bonds is 2. The predicted molar refractivity (Wildman–Crippen MR) is 25.2 cm³/mol. The molecule has 66 valence electrons. The zero-order valence-electron chi connectivity index (χ0n) is 4.22. The monoisotopic (exact) mass is 284 g/mol. The van der Waals surface area contributed by atoms with Gasteiger partial charge in [-0.1, -0.05) is 0 Å². The Morgan fingerprint density at radius 2 is 1.10 bits per heavy atom. The van der Waals surface area contributed by atoms with Crippen molar-refractivity contribution in [2.45, 2.75) is 0 Å². The van der Waals surface area contributed by atoms with Crippen molar-refractivity contribution in [3.63, 3.8) is 0 Å². The Hall–Kier alpha value is 0.922. The van der Waals surface area contributed by atoms with Gasteiger partial charge in [0.2, 0.25) is 0 Å². The van der Waals surface area contributed by atoms with Crippen molar-refractivity contribution < 1.29 is 53.4 Å². The van der Waals surface area contributed by atoms with E-state index in [1.54, 1.807) is 0 Å². The van der Waals surface area contributed by atoms with Gasteiger partial charge in [0.05, 0.1) is 0 Å². The molecule has 0 aliphatic rings. The maximum atomic E-state index is 9.63. The van der Waals surface area contributed by atoms with Gasteiger partial charge in [0.15, 0.2) is 0 Å². The van der Waals surface area contributed by atoms with Gasteiger partial charge in [-0.2, -0.15) is 4.31 Å². The van der Waals surface area contributed by atoms with Crippen LogP contribution in [0.25, 0.3) is 0 Å². The number of hydrogen-bond acceptors (Lipinski definition) is 3. The molecule has 10 heteroatoms. The molecular formula is H4O7P2Pd. The van der Waals surface area contributed by atoms with Crippen LogP contribution in [0.2, 0.25) is 0 Å². The van der Waals surface area contributed by atoms with Gasteiger partial charge in [-0.3, -0.25) is 0 Å². The fourth-order valence-electron chi connectivity index (χ4n) is 0.139. The second kappa shape index (κ2) is 4.08. The van der Waals surface area contributed by atoms with Gasteiger partial charge in [-0.15, -0.1) is 0 Å². The first-order chi connectivity index (χ1) is 3.71. The summed E-state index contributed by atoms with van der Waals surface area (Å²) in [6.07, 6.45) is 0. The molecule has 4 N–H and O–H groups in total. The van der Waals surface area contributed by atoms with Crippen molar-refractivity contribution in [3.05, 3.63) is 0 Å². The van der Waals surface area contributed by atoms with Gasteiger partial charge >= 0.3 is 15.6 Å². The van der Waals surface area contributed by atoms with Crippen LogP contribution in [0.1, 0.15) is 0 Å². The topological polar surface area (TPSA) is 124 Å². The summed E-state index contributed by atoms with van der Waals surface area (Å²) in [5.74, 6) is 0. The summed E-state index contributed by atoms with van der Waals surface area (Å²) >= 11 is 0. The molecule has 0 spiro atoms. The second-order valence-corrected chi connectivity index (χ2v) is 3.68. The van der Waals surface area contributed by atoms with Gasteiger partial charge in [0.25, 0.3) is 0 Å². The smallest absolute Gasteiger partial charge is 0.302 e. The predicted octanol–water partition coefficient (Wildman–Crippen LogP) is -0.814. The van der Waals surface area contributed by atoms with Crippen molar-refractivity contribution in [1.29, 1.82) is 0 Å². The maximum Gasteiger partial charge on any atom is 0.478 e. The molecule has 0 aliphatic heterocycles. The summed E-state index contributed by atoms with van der Waals surface area (Å²) in [7, 11) is -10.1. The minimum atomic E-state index is -5.05. The fraction of sp³-hybridized carbons (Fsp3) is 0. The summed E-state index contributed by atoms with van der Waals surface area (Å²) < 4.78 is 22.2. The number of phosphoric acid groups is 2. The summed E-state index contributed by atoms with van der Waals surface area (Å²) in [4.78, 5) is 31.0. The van der Waals surface area contributed by atoms with Gasteiger partial charge in [0.1, 0.15) is 0 Å². The van der Waals surface area contributed by atoms with Gasteiger partial charge in [-0.25, -0.2) is 9.13 Å². The molecule has 0 radical (unpaired) electrons. The first-order valence-electron chi connectivity index (χ1n) is 1.53. The van der Waals surface area contributed by atoms with Crippen LogP contribution in [0.15, 0.2) is 0 Å². The molecular weight excluding hydrogens is 280 g/mol. The van der Waals surface area contributed by atoms with Crippen LogP contribution in [0.4, 0.5) is 0 Å². The van der Waals surface area contributed by atoms with Gasteiger partial charge in [0, 0.05) is 20.4 Å². The van der Waals surface area contributed by atoms with Gasteiger partial charge in [-0.05, 0) is 0 Å². The van der Waals surface area contributed by atoms with E-state index in [1.165, 1.54) is 0 Å². The third kappa shape index (κ3) is 11.7. The first-order valence-corrected chi connectivity index (χ1v) is 4.59. The van der Waals surface area contributed by atoms with E-state index in [0.29, 0.717) is 0 Å². The third-order valence-electron chi connectivity index (χ3n) is 0.213. The molecule has 0 saturated heterocycles. The molecule has 0 fully saturated rings. The van der Waals surface area contributed by atoms with Crippen LogP contribution in [0.5, 0.6) is 0 Å². The molecule has 0 atom stereocenters. The first kappa shape index (κ1) is 13.5. The van der Waals surface area contributed by atoms with Crippen LogP contribution >= 0.6 is 15.6 Å². The van der Waals surface area contributed by atoms with E-state index in [9.17, 15) is 9.13 Å². The summed E-state index contributed by atoms with van der Waals surface area (Å²) in [6.45, 7) is 0. The van der Waals surface area contributed by atoms with Crippen LogP contribution in [-0.4, -0.2) is 19.6 Å². The minimum Gasteiger partial charge on any atom is -0.302 e. The van der Waals surface area contributed by atoms with E-state index in [1.807, 2.05) is 0 Å². The molecule has 0 rings (SSSR count). The van der Waals surface area contributed by atoms with Crippen molar-refractivity contribution >= 4 is 15.6 Å². The Balaban J connectivity index is 0. The van der Waals surface area contributed by atoms with E-state index in [2.05, 4.69) is 4.31 Å². The van der Waals surface area contributed by atoms with Crippen LogP contribution in [0, 0.1) is 0 Å². The van der Waals surface area contributed by atoms with Crippen molar-refractivity contribution in [1.82, 2.24) is 0 Å². The van der Waals surface area contributed by atoms with Crippen molar-refractivity contribution in [2.24, 2.45) is 0 Å². The molecule has 0 saturated carbocycles. The third-order valence-corrected chi connectivity index (χ3v) is 1.91. The van der Waals surface area contributed by atoms with Crippen molar-refractivity contribution in [3.8, 4) is 0 Å². The average molecular weight is 284 g/mol. The quantitative estimate of drug-likeness (QED) is 0.386. The SMILES string of the molecule is O=P(O)(O)OP(=O)(O)O.[Pd]. The van der Waals surface area contributed by atoms with Crippen LogP contribution < -0.4 is 0 Å². The summed E-state index contributed by atoms with van der Waals surface area (Å²) in [6, 6.07) is 0. The van der Waals surface area contributed by atoms with Crippen molar-refractivity contribution in [2.75, 3.05) is 0 Å². The van der Waals surface area contributed by atoms with E-state index < -0.39 is 15.6 Å². The zero-order chi connectivity index (χ0) is 7.71. The largest absolute Gasteiger partial charge is 0.478 e. The zero-order valence-corrected chi connectivity index (χ0v) is 7.57. The Morgan fingerprint density at radius 1 is 0.900 bits per heavy atom. The standard InChI is InChI=1S/H4O7P2.Pd/c1-8(2,3)7-9(4,5)6;/h(H2,1,2,3)(H2,4,5,6);. The summed E-state index contributed by atoms with van der Waals surface area (Å²) in [5.41, 5.74) is 0. The molecule has 7 nitrogen and oxygen atoms in total. The summed E-state index contributed by atoms with van der Waals surface area (Å²) in [5, 5.41) is 0. The van der Waals surface area contributed by atoms with E-state index in [-0.39, 0.29) is 20.4 Å². The van der Waals surface area contributed by atoms with Gasteiger partial charge < -0.3 is 19.6 Å². The van der Waals surface area contributed by atoms with Crippen LogP contribution in [-0.2, 0) is 33.9 Å². The van der Waals surface area contributed by atoms with E-state index >= 15 is 0 Å². The Labute approximate surface area is 69.5 Å². The minimum absolute atomic E-state index is 0.